The maximum Gasteiger partial charge on any atom is 0.230 e. The lowest BCUT2D eigenvalue weighted by Gasteiger charge is -2.07. The molecule has 2 aromatic heterocycles. The van der Waals surface area contributed by atoms with Crippen molar-refractivity contribution in [3.8, 4) is 5.69 Å². The van der Waals surface area contributed by atoms with Crippen molar-refractivity contribution in [2.24, 2.45) is 0 Å². The first-order valence-corrected chi connectivity index (χ1v) is 8.42. The van der Waals surface area contributed by atoms with E-state index in [1.807, 2.05) is 42.8 Å². The molecular formula is C18H16Cl2N4O. The summed E-state index contributed by atoms with van der Waals surface area (Å²) in [5.74, 6) is 0.312. The zero-order chi connectivity index (χ0) is 18.0. The summed E-state index contributed by atoms with van der Waals surface area (Å²) in [7, 11) is 0. The van der Waals surface area contributed by atoms with Gasteiger partial charge < -0.3 is 5.32 Å². The second kappa shape index (κ2) is 7.25. The van der Waals surface area contributed by atoms with Crippen molar-refractivity contribution >= 4 is 34.9 Å². The van der Waals surface area contributed by atoms with Crippen molar-refractivity contribution in [3.63, 3.8) is 0 Å². The van der Waals surface area contributed by atoms with Gasteiger partial charge in [-0.3, -0.25) is 4.79 Å². The van der Waals surface area contributed by atoms with E-state index < -0.39 is 0 Å². The van der Waals surface area contributed by atoms with Gasteiger partial charge >= 0.3 is 0 Å². The smallest absolute Gasteiger partial charge is 0.230 e. The number of pyridine rings is 1. The Balaban J connectivity index is 1.79. The molecule has 3 rings (SSSR count). The van der Waals surface area contributed by atoms with Crippen molar-refractivity contribution in [3.05, 3.63) is 69.6 Å². The Labute approximate surface area is 155 Å². The molecule has 128 valence electrons. The molecule has 0 saturated heterocycles. The lowest BCUT2D eigenvalue weighted by atomic mass is 10.1. The van der Waals surface area contributed by atoms with Gasteiger partial charge in [0.1, 0.15) is 5.82 Å². The Morgan fingerprint density at radius 3 is 2.40 bits per heavy atom. The number of amides is 1. The molecule has 0 fully saturated rings. The number of nitrogens with one attached hydrogen (secondary N) is 1. The third-order valence-electron chi connectivity index (χ3n) is 3.84. The van der Waals surface area contributed by atoms with Crippen molar-refractivity contribution in [2.45, 2.75) is 20.3 Å². The Kier molecular flexibility index (Phi) is 5.06. The van der Waals surface area contributed by atoms with Crippen LogP contribution in [0.25, 0.3) is 5.69 Å². The van der Waals surface area contributed by atoms with Crippen molar-refractivity contribution in [2.75, 3.05) is 5.32 Å². The van der Waals surface area contributed by atoms with Crippen LogP contribution in [-0.2, 0) is 11.2 Å². The Morgan fingerprint density at radius 2 is 1.76 bits per heavy atom. The Morgan fingerprint density at radius 1 is 1.08 bits per heavy atom. The van der Waals surface area contributed by atoms with Crippen LogP contribution in [0.4, 0.5) is 5.82 Å². The molecule has 0 radical (unpaired) electrons. The Bertz CT molecular complexity index is 902. The van der Waals surface area contributed by atoms with Gasteiger partial charge in [0, 0.05) is 22.5 Å². The predicted molar refractivity (Wildman–Crippen MR) is 99.6 cm³/mol. The molecule has 0 unspecified atom stereocenters. The molecule has 3 aromatic rings. The second-order valence-electron chi connectivity index (χ2n) is 5.62. The first-order valence-electron chi connectivity index (χ1n) is 7.66. The fraction of sp³-hybridized carbons (Fsp3) is 0.167. The summed E-state index contributed by atoms with van der Waals surface area (Å²) in [4.78, 5) is 16.4. The van der Waals surface area contributed by atoms with E-state index in [1.165, 1.54) is 6.20 Å². The van der Waals surface area contributed by atoms with Gasteiger partial charge in [-0.05, 0) is 50.2 Å². The lowest BCUT2D eigenvalue weighted by molar-refractivity contribution is -0.115. The van der Waals surface area contributed by atoms with Gasteiger partial charge in [0.05, 0.1) is 22.8 Å². The monoisotopic (exact) mass is 374 g/mol. The summed E-state index contributed by atoms with van der Waals surface area (Å²) in [6.45, 7) is 3.83. The SMILES string of the molecule is Cc1nn(-c2ccc(Cl)cc2)c(C)c1CC(=O)Nc1ccc(Cl)cn1. The molecule has 0 aliphatic carbocycles. The highest BCUT2D eigenvalue weighted by molar-refractivity contribution is 6.30. The van der Waals surface area contributed by atoms with Gasteiger partial charge in [0.15, 0.2) is 0 Å². The van der Waals surface area contributed by atoms with Crippen LogP contribution in [0.15, 0.2) is 42.6 Å². The number of halogens is 2. The molecule has 0 saturated carbocycles. The number of aryl methyl sites for hydroxylation is 1. The number of hydrogen-bond donors (Lipinski definition) is 1. The molecule has 5 nitrogen and oxygen atoms in total. The minimum Gasteiger partial charge on any atom is -0.310 e. The molecule has 0 bridgehead atoms. The fourth-order valence-electron chi connectivity index (χ4n) is 2.56. The van der Waals surface area contributed by atoms with Crippen LogP contribution in [-0.4, -0.2) is 20.7 Å². The third kappa shape index (κ3) is 4.00. The van der Waals surface area contributed by atoms with E-state index in [0.29, 0.717) is 15.9 Å². The maximum atomic E-state index is 12.3. The van der Waals surface area contributed by atoms with Crippen molar-refractivity contribution < 1.29 is 4.79 Å². The summed E-state index contributed by atoms with van der Waals surface area (Å²) in [5.41, 5.74) is 3.52. The number of nitrogens with zero attached hydrogens (tertiary/aromatic N) is 3. The minimum absolute atomic E-state index is 0.156. The topological polar surface area (TPSA) is 59.8 Å². The predicted octanol–water partition coefficient (Wildman–Crippen LogP) is 4.37. The van der Waals surface area contributed by atoms with E-state index in [-0.39, 0.29) is 12.3 Å². The number of anilines is 1. The number of carbonyl (C=O) groups excluding carboxylic acids is 1. The standard InChI is InChI=1S/C18H16Cl2N4O/c1-11-16(9-18(25)22-17-8-5-14(20)10-21-17)12(2)24(23-11)15-6-3-13(19)4-7-15/h3-8,10H,9H2,1-2H3,(H,21,22,25). The van der Waals surface area contributed by atoms with Gasteiger partial charge in [-0.15, -0.1) is 0 Å². The summed E-state index contributed by atoms with van der Waals surface area (Å²) in [5, 5.41) is 8.50. The molecule has 7 heteroatoms. The summed E-state index contributed by atoms with van der Waals surface area (Å²) in [6, 6.07) is 10.8. The maximum absolute atomic E-state index is 12.3. The van der Waals surface area contributed by atoms with Crippen LogP contribution in [0.3, 0.4) is 0 Å². The van der Waals surface area contributed by atoms with Crippen LogP contribution >= 0.6 is 23.2 Å². The Hall–Kier alpha value is -2.37. The molecule has 25 heavy (non-hydrogen) atoms. The van der Waals surface area contributed by atoms with Crippen molar-refractivity contribution in [1.29, 1.82) is 0 Å². The molecule has 0 atom stereocenters. The normalized spacial score (nSPS) is 10.7. The van der Waals surface area contributed by atoms with E-state index in [2.05, 4.69) is 15.4 Å². The summed E-state index contributed by atoms with van der Waals surface area (Å²) >= 11 is 11.7. The fourth-order valence-corrected chi connectivity index (χ4v) is 2.80. The average molecular weight is 375 g/mol. The lowest BCUT2D eigenvalue weighted by Crippen LogP contribution is -2.16. The first-order chi connectivity index (χ1) is 11.9. The van der Waals surface area contributed by atoms with Gasteiger partial charge in [0.2, 0.25) is 5.91 Å². The number of carbonyl (C=O) groups is 1. The number of rotatable bonds is 4. The molecule has 1 amide bonds. The zero-order valence-corrected chi connectivity index (χ0v) is 15.3. The highest BCUT2D eigenvalue weighted by Crippen LogP contribution is 2.20. The van der Waals surface area contributed by atoms with Crippen LogP contribution in [0.1, 0.15) is 17.0 Å². The third-order valence-corrected chi connectivity index (χ3v) is 4.32. The van der Waals surface area contributed by atoms with Crippen LogP contribution in [0.5, 0.6) is 0 Å². The van der Waals surface area contributed by atoms with Gasteiger partial charge in [0.25, 0.3) is 0 Å². The molecule has 2 heterocycles. The van der Waals surface area contributed by atoms with E-state index in [1.54, 1.807) is 12.1 Å². The molecule has 1 aromatic carbocycles. The molecule has 0 aliphatic heterocycles. The van der Waals surface area contributed by atoms with E-state index in [4.69, 9.17) is 23.2 Å². The molecular weight excluding hydrogens is 359 g/mol. The highest BCUT2D eigenvalue weighted by atomic mass is 35.5. The van der Waals surface area contributed by atoms with E-state index in [0.717, 1.165) is 22.6 Å². The highest BCUT2D eigenvalue weighted by Gasteiger charge is 2.16. The average Bonchev–Trinajstić information content (AvgIpc) is 2.86. The van der Waals surface area contributed by atoms with Gasteiger partial charge in [-0.2, -0.15) is 5.10 Å². The molecule has 0 spiro atoms. The van der Waals surface area contributed by atoms with Crippen LogP contribution < -0.4 is 5.32 Å². The second-order valence-corrected chi connectivity index (χ2v) is 6.50. The van der Waals surface area contributed by atoms with Gasteiger partial charge in [-0.1, -0.05) is 23.2 Å². The van der Waals surface area contributed by atoms with Crippen LogP contribution in [0, 0.1) is 13.8 Å². The zero-order valence-electron chi connectivity index (χ0n) is 13.8. The number of hydrogen-bond acceptors (Lipinski definition) is 3. The van der Waals surface area contributed by atoms with E-state index >= 15 is 0 Å². The molecule has 0 aliphatic rings. The number of benzene rings is 1. The number of aromatic nitrogens is 3. The van der Waals surface area contributed by atoms with E-state index in [9.17, 15) is 4.79 Å². The van der Waals surface area contributed by atoms with Crippen LogP contribution in [0.2, 0.25) is 10.0 Å². The largest absolute Gasteiger partial charge is 0.310 e. The minimum atomic E-state index is -0.156. The summed E-state index contributed by atoms with van der Waals surface area (Å²) in [6.07, 6.45) is 1.71. The van der Waals surface area contributed by atoms with Gasteiger partial charge in [-0.25, -0.2) is 9.67 Å². The van der Waals surface area contributed by atoms with Crippen molar-refractivity contribution in [1.82, 2.24) is 14.8 Å². The molecule has 1 N–H and O–H groups in total. The summed E-state index contributed by atoms with van der Waals surface area (Å²) < 4.78 is 1.81. The quantitative estimate of drug-likeness (QED) is 0.737. The first kappa shape index (κ1) is 17.5.